The molecular formula is C15H15F2NO2S. The van der Waals surface area contributed by atoms with E-state index in [1.54, 1.807) is 6.92 Å². The largest absolute Gasteiger partial charge is 0.462 e. The number of carbonyl (C=O) groups excluding carboxylic acids is 1. The molecule has 2 N–H and O–H groups in total. The van der Waals surface area contributed by atoms with Crippen LogP contribution in [0, 0.1) is 11.6 Å². The van der Waals surface area contributed by atoms with Gasteiger partial charge < -0.3 is 10.5 Å². The van der Waals surface area contributed by atoms with Crippen LogP contribution >= 0.6 is 11.3 Å². The lowest BCUT2D eigenvalue weighted by Gasteiger charge is -2.05. The van der Waals surface area contributed by atoms with Crippen LogP contribution < -0.4 is 5.73 Å². The molecule has 0 saturated carbocycles. The minimum absolute atomic E-state index is 0.151. The van der Waals surface area contributed by atoms with Gasteiger partial charge in [-0.25, -0.2) is 13.6 Å². The van der Waals surface area contributed by atoms with Crippen molar-refractivity contribution in [3.8, 4) is 10.4 Å². The Bertz CT molecular complexity index is 662. The standard InChI is InChI=1S/C15H15F2NO2S/c1-3-8-12(18)14(15(19)20-4-2)21-13(8)11-9(16)6-5-7-10(11)17/h5-7H,3-4,18H2,1-2H3. The molecule has 0 aliphatic rings. The molecular weight excluding hydrogens is 296 g/mol. The summed E-state index contributed by atoms with van der Waals surface area (Å²) in [4.78, 5) is 12.4. The molecule has 2 rings (SSSR count). The molecule has 112 valence electrons. The Morgan fingerprint density at radius 2 is 1.90 bits per heavy atom. The molecule has 0 radical (unpaired) electrons. The lowest BCUT2D eigenvalue weighted by atomic mass is 10.0. The predicted octanol–water partition coefficient (Wildman–Crippen LogP) is 4.01. The smallest absolute Gasteiger partial charge is 0.350 e. The molecule has 0 aliphatic carbocycles. The molecule has 21 heavy (non-hydrogen) atoms. The average molecular weight is 311 g/mol. The highest BCUT2D eigenvalue weighted by Gasteiger charge is 2.24. The van der Waals surface area contributed by atoms with E-state index in [1.807, 2.05) is 6.92 Å². The van der Waals surface area contributed by atoms with Gasteiger partial charge in [0.15, 0.2) is 0 Å². The first-order chi connectivity index (χ1) is 10.0. The summed E-state index contributed by atoms with van der Waals surface area (Å²) >= 11 is 0.961. The molecule has 1 aromatic carbocycles. The normalized spacial score (nSPS) is 10.7. The van der Waals surface area contributed by atoms with Crippen molar-refractivity contribution in [1.29, 1.82) is 0 Å². The summed E-state index contributed by atoms with van der Waals surface area (Å²) in [5.74, 6) is -1.93. The zero-order valence-corrected chi connectivity index (χ0v) is 12.5. The number of nitrogen functional groups attached to an aromatic ring is 1. The van der Waals surface area contributed by atoms with Gasteiger partial charge >= 0.3 is 5.97 Å². The molecule has 1 aromatic heterocycles. The van der Waals surface area contributed by atoms with Crippen LogP contribution in [0.1, 0.15) is 29.1 Å². The van der Waals surface area contributed by atoms with Gasteiger partial charge in [-0.2, -0.15) is 0 Å². The molecule has 3 nitrogen and oxygen atoms in total. The predicted molar refractivity (Wildman–Crippen MR) is 79.4 cm³/mol. The first-order valence-corrected chi connectivity index (χ1v) is 7.35. The minimum Gasteiger partial charge on any atom is -0.462 e. The number of halogens is 2. The molecule has 0 aliphatic heterocycles. The van der Waals surface area contributed by atoms with Gasteiger partial charge in [0, 0.05) is 4.88 Å². The first kappa shape index (κ1) is 15.4. The quantitative estimate of drug-likeness (QED) is 0.868. The van der Waals surface area contributed by atoms with Crippen molar-refractivity contribution in [2.75, 3.05) is 12.3 Å². The van der Waals surface area contributed by atoms with Gasteiger partial charge in [-0.1, -0.05) is 13.0 Å². The molecule has 0 spiro atoms. The number of rotatable bonds is 4. The van der Waals surface area contributed by atoms with E-state index in [2.05, 4.69) is 0 Å². The van der Waals surface area contributed by atoms with Crippen LogP contribution in [0.5, 0.6) is 0 Å². The van der Waals surface area contributed by atoms with Crippen LogP contribution in [0.25, 0.3) is 10.4 Å². The summed E-state index contributed by atoms with van der Waals surface area (Å²) in [6, 6.07) is 3.65. The van der Waals surface area contributed by atoms with Crippen molar-refractivity contribution in [1.82, 2.24) is 0 Å². The Labute approximate surface area is 125 Å². The molecule has 1 heterocycles. The third-order valence-electron chi connectivity index (χ3n) is 3.05. The molecule has 0 atom stereocenters. The number of anilines is 1. The maximum Gasteiger partial charge on any atom is 0.350 e. The number of nitrogens with two attached hydrogens (primary N) is 1. The number of hydrogen-bond donors (Lipinski definition) is 1. The fourth-order valence-corrected chi connectivity index (χ4v) is 3.35. The van der Waals surface area contributed by atoms with Crippen molar-refractivity contribution in [2.45, 2.75) is 20.3 Å². The van der Waals surface area contributed by atoms with Crippen molar-refractivity contribution >= 4 is 23.0 Å². The van der Waals surface area contributed by atoms with E-state index in [9.17, 15) is 13.6 Å². The van der Waals surface area contributed by atoms with Crippen LogP contribution in [0.4, 0.5) is 14.5 Å². The highest BCUT2D eigenvalue weighted by molar-refractivity contribution is 7.18. The maximum atomic E-state index is 14.0. The molecule has 0 saturated heterocycles. The molecule has 0 unspecified atom stereocenters. The molecule has 6 heteroatoms. The molecule has 2 aromatic rings. The van der Waals surface area contributed by atoms with Gasteiger partial charge in [-0.3, -0.25) is 0 Å². The zero-order chi connectivity index (χ0) is 15.6. The zero-order valence-electron chi connectivity index (χ0n) is 11.7. The molecule has 0 fully saturated rings. The fraction of sp³-hybridized carbons (Fsp3) is 0.267. The Hall–Kier alpha value is -1.95. The Morgan fingerprint density at radius 3 is 2.43 bits per heavy atom. The van der Waals surface area contributed by atoms with Gasteiger partial charge in [0.25, 0.3) is 0 Å². The summed E-state index contributed by atoms with van der Waals surface area (Å²) in [6.07, 6.45) is 0.463. The lowest BCUT2D eigenvalue weighted by molar-refractivity contribution is 0.0533. The van der Waals surface area contributed by atoms with E-state index in [4.69, 9.17) is 10.5 Å². The minimum atomic E-state index is -0.679. The number of benzene rings is 1. The number of thiophene rings is 1. The van der Waals surface area contributed by atoms with Crippen LogP contribution in [-0.4, -0.2) is 12.6 Å². The number of esters is 1. The monoisotopic (exact) mass is 311 g/mol. The summed E-state index contributed by atoms with van der Waals surface area (Å²) in [5.41, 5.74) is 6.59. The highest BCUT2D eigenvalue weighted by Crippen LogP contribution is 2.41. The first-order valence-electron chi connectivity index (χ1n) is 6.53. The van der Waals surface area contributed by atoms with Crippen LogP contribution in [0.3, 0.4) is 0 Å². The summed E-state index contributed by atoms with van der Waals surface area (Å²) < 4.78 is 32.8. The summed E-state index contributed by atoms with van der Waals surface area (Å²) in [7, 11) is 0. The third kappa shape index (κ3) is 2.76. The topological polar surface area (TPSA) is 52.3 Å². The number of hydrogen-bond acceptors (Lipinski definition) is 4. The van der Waals surface area contributed by atoms with E-state index in [0.717, 1.165) is 11.3 Å². The van der Waals surface area contributed by atoms with Gasteiger partial charge in [0.1, 0.15) is 16.5 Å². The SMILES string of the molecule is CCOC(=O)c1sc(-c2c(F)cccc2F)c(CC)c1N. The van der Waals surface area contributed by atoms with Gasteiger partial charge in [-0.15, -0.1) is 11.3 Å². The Kier molecular flexibility index (Phi) is 4.57. The van der Waals surface area contributed by atoms with Crippen molar-refractivity contribution in [3.63, 3.8) is 0 Å². The second-order valence-electron chi connectivity index (χ2n) is 4.32. The highest BCUT2D eigenvalue weighted by atomic mass is 32.1. The van der Waals surface area contributed by atoms with Gasteiger partial charge in [-0.05, 0) is 31.0 Å². The second kappa shape index (κ2) is 6.22. The van der Waals surface area contributed by atoms with Gasteiger partial charge in [0.05, 0.1) is 17.9 Å². The summed E-state index contributed by atoms with van der Waals surface area (Å²) in [6.45, 7) is 3.70. The van der Waals surface area contributed by atoms with E-state index >= 15 is 0 Å². The van der Waals surface area contributed by atoms with E-state index in [0.29, 0.717) is 16.9 Å². The van der Waals surface area contributed by atoms with Crippen LogP contribution in [0.15, 0.2) is 18.2 Å². The maximum absolute atomic E-state index is 14.0. The van der Waals surface area contributed by atoms with E-state index in [1.165, 1.54) is 18.2 Å². The van der Waals surface area contributed by atoms with Crippen molar-refractivity contribution in [2.24, 2.45) is 0 Å². The van der Waals surface area contributed by atoms with Gasteiger partial charge in [0.2, 0.25) is 0 Å². The van der Waals surface area contributed by atoms with E-state index in [-0.39, 0.29) is 22.7 Å². The third-order valence-corrected chi connectivity index (χ3v) is 4.30. The molecule has 0 bridgehead atoms. The Morgan fingerprint density at radius 1 is 1.29 bits per heavy atom. The van der Waals surface area contributed by atoms with Crippen molar-refractivity contribution in [3.05, 3.63) is 40.3 Å². The second-order valence-corrected chi connectivity index (χ2v) is 5.34. The van der Waals surface area contributed by atoms with Crippen LogP contribution in [-0.2, 0) is 11.2 Å². The van der Waals surface area contributed by atoms with Crippen molar-refractivity contribution < 1.29 is 18.3 Å². The summed E-state index contributed by atoms with van der Waals surface area (Å²) in [5, 5.41) is 0. The molecule has 0 amide bonds. The van der Waals surface area contributed by atoms with E-state index < -0.39 is 17.6 Å². The number of carbonyl (C=O) groups is 1. The average Bonchev–Trinajstić information content (AvgIpc) is 2.76. The lowest BCUT2D eigenvalue weighted by Crippen LogP contribution is -2.05. The van der Waals surface area contributed by atoms with Crippen LogP contribution in [0.2, 0.25) is 0 Å². The number of ether oxygens (including phenoxy) is 1. The fourth-order valence-electron chi connectivity index (χ4n) is 2.09. The Balaban J connectivity index is 2.64.